The van der Waals surface area contributed by atoms with Crippen LogP contribution in [0.3, 0.4) is 0 Å². The van der Waals surface area contributed by atoms with Gasteiger partial charge in [0.15, 0.2) is 6.61 Å². The van der Waals surface area contributed by atoms with Gasteiger partial charge in [-0.3, -0.25) is 19.3 Å². The molecule has 0 fully saturated rings. The molecule has 168 valence electrons. The van der Waals surface area contributed by atoms with E-state index in [1.807, 2.05) is 0 Å². The molecule has 0 saturated heterocycles. The monoisotopic (exact) mass is 477 g/mol. The molecule has 11 heteroatoms. The fourth-order valence-electron chi connectivity index (χ4n) is 2.98. The van der Waals surface area contributed by atoms with Crippen LogP contribution in [0.15, 0.2) is 53.9 Å². The molecule has 0 aliphatic carbocycles. The average molecular weight is 478 g/mol. The summed E-state index contributed by atoms with van der Waals surface area (Å²) < 4.78 is 30.5. The van der Waals surface area contributed by atoms with Crippen LogP contribution in [0.4, 0.5) is 5.69 Å². The SMILES string of the molecule is C=C1c2ccccc2C(=O)N1CC(=O)OCC(=O)Nc1cc(S(=O)(=O)N(C)C)ccc1Cl. The number of carbonyl (C=O) groups is 3. The molecule has 0 aromatic heterocycles. The van der Waals surface area contributed by atoms with E-state index in [9.17, 15) is 22.8 Å². The number of sulfonamides is 1. The first kappa shape index (κ1) is 23.5. The third kappa shape index (κ3) is 4.67. The maximum atomic E-state index is 12.4. The van der Waals surface area contributed by atoms with Crippen LogP contribution in [0.25, 0.3) is 5.70 Å². The number of amides is 2. The van der Waals surface area contributed by atoms with Crippen molar-refractivity contribution in [1.29, 1.82) is 0 Å². The Kier molecular flexibility index (Phi) is 6.68. The zero-order chi connectivity index (χ0) is 23.6. The number of esters is 1. The molecule has 1 heterocycles. The Morgan fingerprint density at radius 3 is 2.44 bits per heavy atom. The van der Waals surface area contributed by atoms with Gasteiger partial charge in [0, 0.05) is 30.9 Å². The van der Waals surface area contributed by atoms with Gasteiger partial charge in [-0.15, -0.1) is 0 Å². The summed E-state index contributed by atoms with van der Waals surface area (Å²) >= 11 is 6.04. The van der Waals surface area contributed by atoms with Gasteiger partial charge in [0.1, 0.15) is 6.54 Å². The van der Waals surface area contributed by atoms with E-state index in [1.54, 1.807) is 24.3 Å². The number of fused-ring (bicyclic) bond motifs is 1. The largest absolute Gasteiger partial charge is 0.454 e. The molecule has 0 bridgehead atoms. The number of nitrogens with zero attached hydrogens (tertiary/aromatic N) is 2. The number of ether oxygens (including phenoxy) is 1. The van der Waals surface area contributed by atoms with Gasteiger partial charge in [-0.2, -0.15) is 0 Å². The molecule has 0 atom stereocenters. The van der Waals surface area contributed by atoms with E-state index in [0.29, 0.717) is 16.8 Å². The van der Waals surface area contributed by atoms with Crippen LogP contribution >= 0.6 is 11.6 Å². The third-order valence-electron chi connectivity index (χ3n) is 4.68. The minimum absolute atomic E-state index is 0.0502. The number of carbonyl (C=O) groups excluding carboxylic acids is 3. The smallest absolute Gasteiger partial charge is 0.326 e. The Labute approximate surface area is 190 Å². The van der Waals surface area contributed by atoms with Gasteiger partial charge in [-0.1, -0.05) is 36.4 Å². The predicted octanol–water partition coefficient (Wildman–Crippen LogP) is 2.20. The number of hydrogen-bond acceptors (Lipinski definition) is 6. The zero-order valence-corrected chi connectivity index (χ0v) is 18.9. The molecular weight excluding hydrogens is 458 g/mol. The van der Waals surface area contributed by atoms with Crippen molar-refractivity contribution in [1.82, 2.24) is 9.21 Å². The van der Waals surface area contributed by atoms with E-state index >= 15 is 0 Å². The number of anilines is 1. The van der Waals surface area contributed by atoms with Crippen LogP contribution in [0.5, 0.6) is 0 Å². The molecule has 32 heavy (non-hydrogen) atoms. The van der Waals surface area contributed by atoms with E-state index < -0.39 is 35.1 Å². The molecule has 2 aromatic rings. The first-order valence-corrected chi connectivity index (χ1v) is 11.1. The molecule has 2 aromatic carbocycles. The molecule has 3 rings (SSSR count). The highest BCUT2D eigenvalue weighted by Crippen LogP contribution is 2.31. The number of halogens is 1. The Morgan fingerprint density at radius 1 is 1.16 bits per heavy atom. The molecule has 0 unspecified atom stereocenters. The van der Waals surface area contributed by atoms with Gasteiger partial charge in [-0.25, -0.2) is 12.7 Å². The fourth-order valence-corrected chi connectivity index (χ4v) is 4.07. The second-order valence-corrected chi connectivity index (χ2v) is 9.58. The summed E-state index contributed by atoms with van der Waals surface area (Å²) in [6, 6.07) is 10.7. The van der Waals surface area contributed by atoms with E-state index in [4.69, 9.17) is 16.3 Å². The number of nitrogens with one attached hydrogen (secondary N) is 1. The molecule has 1 aliphatic heterocycles. The van der Waals surface area contributed by atoms with Gasteiger partial charge in [-0.05, 0) is 24.3 Å². The summed E-state index contributed by atoms with van der Waals surface area (Å²) in [7, 11) is -0.982. The lowest BCUT2D eigenvalue weighted by atomic mass is 10.1. The summed E-state index contributed by atoms with van der Waals surface area (Å²) in [5.74, 6) is -1.91. The summed E-state index contributed by atoms with van der Waals surface area (Å²) in [4.78, 5) is 37.9. The van der Waals surface area contributed by atoms with Crippen molar-refractivity contribution < 1.29 is 27.5 Å². The van der Waals surface area contributed by atoms with E-state index in [2.05, 4.69) is 11.9 Å². The van der Waals surface area contributed by atoms with Crippen LogP contribution in [0, 0.1) is 0 Å². The molecule has 9 nitrogen and oxygen atoms in total. The van der Waals surface area contributed by atoms with Gasteiger partial charge in [0.2, 0.25) is 10.0 Å². The number of rotatable bonds is 7. The standard InChI is InChI=1S/C21H20ClN3O6S/c1-13-15-6-4-5-7-16(15)21(28)25(13)11-20(27)31-12-19(26)23-18-10-14(8-9-17(18)22)32(29,30)24(2)3/h4-10H,1,11-12H2,2-3H3,(H,23,26). The van der Waals surface area contributed by atoms with Crippen LogP contribution < -0.4 is 5.32 Å². The van der Waals surface area contributed by atoms with Crippen LogP contribution in [0.1, 0.15) is 15.9 Å². The minimum Gasteiger partial charge on any atom is -0.454 e. The van der Waals surface area contributed by atoms with Crippen LogP contribution in [0.2, 0.25) is 5.02 Å². The maximum absolute atomic E-state index is 12.4. The Balaban J connectivity index is 1.60. The topological polar surface area (TPSA) is 113 Å². The first-order valence-electron chi connectivity index (χ1n) is 9.30. The van der Waals surface area contributed by atoms with Crippen molar-refractivity contribution in [2.75, 3.05) is 32.6 Å². The molecule has 0 radical (unpaired) electrons. The lowest BCUT2D eigenvalue weighted by molar-refractivity contribution is -0.147. The van der Waals surface area contributed by atoms with E-state index in [0.717, 1.165) is 4.31 Å². The first-order chi connectivity index (χ1) is 15.0. The second kappa shape index (κ2) is 9.11. The number of benzene rings is 2. The molecule has 1 N–H and O–H groups in total. The highest BCUT2D eigenvalue weighted by atomic mass is 35.5. The van der Waals surface area contributed by atoms with Crippen LogP contribution in [-0.2, 0) is 24.3 Å². The van der Waals surface area contributed by atoms with Crippen molar-refractivity contribution >= 4 is 50.8 Å². The summed E-state index contributed by atoms with van der Waals surface area (Å²) in [6.45, 7) is 2.78. The Morgan fingerprint density at radius 2 is 1.81 bits per heavy atom. The van der Waals surface area contributed by atoms with E-state index in [-0.39, 0.29) is 21.5 Å². The molecule has 1 aliphatic rings. The van der Waals surface area contributed by atoms with E-state index in [1.165, 1.54) is 37.2 Å². The summed E-state index contributed by atoms with van der Waals surface area (Å²) in [6.07, 6.45) is 0. The average Bonchev–Trinajstić information content (AvgIpc) is 2.98. The molecule has 2 amide bonds. The zero-order valence-electron chi connectivity index (χ0n) is 17.3. The minimum atomic E-state index is -3.73. The normalized spacial score (nSPS) is 13.3. The quantitative estimate of drug-likeness (QED) is 0.612. The highest BCUT2D eigenvalue weighted by molar-refractivity contribution is 7.89. The van der Waals surface area contributed by atoms with Gasteiger partial charge >= 0.3 is 5.97 Å². The van der Waals surface area contributed by atoms with Crippen molar-refractivity contribution in [3.63, 3.8) is 0 Å². The lowest BCUT2D eigenvalue weighted by Crippen LogP contribution is -2.32. The molecule has 0 saturated carbocycles. The van der Waals surface area contributed by atoms with Crippen LogP contribution in [-0.4, -0.2) is 62.7 Å². The highest BCUT2D eigenvalue weighted by Gasteiger charge is 2.32. The van der Waals surface area contributed by atoms with Gasteiger partial charge in [0.05, 0.1) is 15.6 Å². The van der Waals surface area contributed by atoms with Crippen molar-refractivity contribution in [3.8, 4) is 0 Å². The lowest BCUT2D eigenvalue weighted by Gasteiger charge is -2.16. The van der Waals surface area contributed by atoms with Gasteiger partial charge in [0.25, 0.3) is 11.8 Å². The van der Waals surface area contributed by atoms with Crippen molar-refractivity contribution in [3.05, 3.63) is 65.2 Å². The van der Waals surface area contributed by atoms with Crippen molar-refractivity contribution in [2.45, 2.75) is 4.90 Å². The summed E-state index contributed by atoms with van der Waals surface area (Å²) in [5, 5.41) is 2.52. The second-order valence-electron chi connectivity index (χ2n) is 7.02. The Hall–Kier alpha value is -3.21. The predicted molar refractivity (Wildman–Crippen MR) is 118 cm³/mol. The Bertz CT molecular complexity index is 1190. The van der Waals surface area contributed by atoms with Gasteiger partial charge < -0.3 is 10.1 Å². The number of hydrogen-bond donors (Lipinski definition) is 1. The third-order valence-corrected chi connectivity index (χ3v) is 6.82. The molecular formula is C21H20ClN3O6S. The summed E-state index contributed by atoms with van der Waals surface area (Å²) in [5.41, 5.74) is 1.49. The van der Waals surface area contributed by atoms with Crippen molar-refractivity contribution in [2.24, 2.45) is 0 Å². The molecule has 0 spiro atoms. The fraction of sp³-hybridized carbons (Fsp3) is 0.190. The maximum Gasteiger partial charge on any atom is 0.326 e.